The second-order valence-electron chi connectivity index (χ2n) is 7.89. The lowest BCUT2D eigenvalue weighted by atomic mass is 9.96. The molecule has 2 N–H and O–H groups in total. The zero-order valence-electron chi connectivity index (χ0n) is 18.8. The Balaban J connectivity index is 0.000000186. The van der Waals surface area contributed by atoms with E-state index in [-0.39, 0.29) is 0 Å². The van der Waals surface area contributed by atoms with Crippen LogP contribution in [0.2, 0.25) is 0 Å². The molecule has 0 aliphatic carbocycles. The molecule has 0 amide bonds. The number of nitrogens with zero attached hydrogens (tertiary/aromatic N) is 2. The van der Waals surface area contributed by atoms with Crippen LogP contribution in [0.15, 0.2) is 97.2 Å². The van der Waals surface area contributed by atoms with Gasteiger partial charge in [0.2, 0.25) is 10.5 Å². The molecule has 0 unspecified atom stereocenters. The van der Waals surface area contributed by atoms with Crippen molar-refractivity contribution in [3.8, 4) is 0 Å². The van der Waals surface area contributed by atoms with E-state index in [9.17, 15) is 0 Å². The predicted octanol–water partition coefficient (Wildman–Crippen LogP) is 6.51. The first kappa shape index (κ1) is 22.0. The van der Waals surface area contributed by atoms with Crippen molar-refractivity contribution in [2.75, 3.05) is 11.4 Å². The lowest BCUT2D eigenvalue weighted by molar-refractivity contribution is -0.646. The van der Waals surface area contributed by atoms with Gasteiger partial charge < -0.3 is 10.6 Å². The van der Waals surface area contributed by atoms with Crippen LogP contribution in [0.25, 0.3) is 15.8 Å². The molecule has 32 heavy (non-hydrogen) atoms. The van der Waals surface area contributed by atoms with E-state index in [1.807, 2.05) is 17.4 Å². The van der Waals surface area contributed by atoms with Gasteiger partial charge >= 0.3 is 0 Å². The fraction of sp³-hybridized carbons (Fsp3) is 0.179. The monoisotopic (exact) mass is 440 g/mol. The number of hydrogen-bond acceptors (Lipinski definition) is 3. The highest BCUT2D eigenvalue weighted by Crippen LogP contribution is 2.41. The molecule has 162 valence electrons. The number of rotatable bonds is 4. The maximum Gasteiger partial charge on any atom is 0.234 e. The Hall–Kier alpha value is -3.21. The molecule has 2 heterocycles. The molecule has 0 saturated carbocycles. The summed E-state index contributed by atoms with van der Waals surface area (Å²) in [5.74, 6) is 0. The molecule has 4 aromatic rings. The third kappa shape index (κ3) is 4.52. The molecule has 0 spiro atoms. The number of para-hydroxylation sites is 3. The van der Waals surface area contributed by atoms with E-state index in [1.54, 1.807) is 0 Å². The minimum absolute atomic E-state index is 0.702. The van der Waals surface area contributed by atoms with Crippen molar-refractivity contribution in [3.05, 3.63) is 108 Å². The number of aryl methyl sites for hydroxylation is 2. The van der Waals surface area contributed by atoms with E-state index in [4.69, 9.17) is 5.73 Å². The van der Waals surface area contributed by atoms with Crippen molar-refractivity contribution < 1.29 is 4.57 Å². The van der Waals surface area contributed by atoms with E-state index < -0.39 is 0 Å². The summed E-state index contributed by atoms with van der Waals surface area (Å²) in [6.45, 7) is 7.05. The third-order valence-electron chi connectivity index (χ3n) is 5.73. The highest BCUT2D eigenvalue weighted by molar-refractivity contribution is 7.18. The van der Waals surface area contributed by atoms with Crippen LogP contribution >= 0.6 is 11.3 Å². The molecular formula is C28H30N3S+. The van der Waals surface area contributed by atoms with Crippen LogP contribution in [-0.2, 0) is 7.05 Å². The van der Waals surface area contributed by atoms with Crippen LogP contribution in [0, 0.1) is 6.92 Å². The summed E-state index contributed by atoms with van der Waals surface area (Å²) in [4.78, 5) is 2.32. The zero-order valence-corrected chi connectivity index (χ0v) is 19.6. The Labute approximate surface area is 194 Å². The van der Waals surface area contributed by atoms with E-state index in [0.717, 1.165) is 18.4 Å². The number of fused-ring (bicyclic) bond motifs is 2. The largest absolute Gasteiger partial charge is 0.330 e. The summed E-state index contributed by atoms with van der Waals surface area (Å²) in [5, 5.41) is 1.35. The quantitative estimate of drug-likeness (QED) is 0.367. The molecule has 1 aliphatic heterocycles. The smallest absolute Gasteiger partial charge is 0.234 e. The zero-order chi connectivity index (χ0) is 22.5. The van der Waals surface area contributed by atoms with Crippen LogP contribution in [0.1, 0.15) is 23.4 Å². The Morgan fingerprint density at radius 2 is 1.62 bits per heavy atom. The van der Waals surface area contributed by atoms with Crippen LogP contribution in [-0.4, -0.2) is 6.54 Å². The second-order valence-corrected chi connectivity index (χ2v) is 9.12. The lowest BCUT2D eigenvalue weighted by Crippen LogP contribution is -2.28. The van der Waals surface area contributed by atoms with Crippen molar-refractivity contribution >= 4 is 38.5 Å². The van der Waals surface area contributed by atoms with Gasteiger partial charge in [-0.1, -0.05) is 66.4 Å². The lowest BCUT2D eigenvalue weighted by Gasteiger charge is -2.33. The number of allylic oxidation sites excluding steroid dienone is 3. The number of hydrogen-bond donors (Lipinski definition) is 1. The molecule has 1 aliphatic rings. The van der Waals surface area contributed by atoms with Gasteiger partial charge in [0.1, 0.15) is 11.7 Å². The molecule has 0 saturated heterocycles. The molecule has 5 rings (SSSR count). The number of thiazole rings is 1. The number of anilines is 2. The molecule has 0 bridgehead atoms. The average molecular weight is 441 g/mol. The molecule has 0 atom stereocenters. The molecule has 0 radical (unpaired) electrons. The van der Waals surface area contributed by atoms with E-state index in [2.05, 4.69) is 109 Å². The SMILES string of the molecule is C=C1C=C(CCCN)N(c2ccccc2)c2ccccc21.Cc1sc2ccccc2[n+]1C. The van der Waals surface area contributed by atoms with Crippen LogP contribution in [0.4, 0.5) is 11.4 Å². The van der Waals surface area contributed by atoms with Crippen LogP contribution < -0.4 is 15.2 Å². The first-order valence-electron chi connectivity index (χ1n) is 11.0. The van der Waals surface area contributed by atoms with Gasteiger partial charge in [-0.25, -0.2) is 0 Å². The maximum atomic E-state index is 5.69. The summed E-state index contributed by atoms with van der Waals surface area (Å²) in [6.07, 6.45) is 4.12. The van der Waals surface area contributed by atoms with Gasteiger partial charge in [-0.05, 0) is 55.3 Å². The number of benzene rings is 3. The fourth-order valence-corrected chi connectivity index (χ4v) is 5.01. The van der Waals surface area contributed by atoms with Crippen molar-refractivity contribution in [2.45, 2.75) is 19.8 Å². The first-order chi connectivity index (χ1) is 15.6. The fourth-order valence-electron chi connectivity index (χ4n) is 4.01. The van der Waals surface area contributed by atoms with E-state index in [1.165, 1.54) is 37.9 Å². The molecule has 3 nitrogen and oxygen atoms in total. The minimum atomic E-state index is 0.702. The van der Waals surface area contributed by atoms with E-state index >= 15 is 0 Å². The standard InChI is InChI=1S/C19H20N2.C9H10NS/c1-15-14-17(10-7-13-20)21(16-8-3-2-4-9-16)19-12-6-5-11-18(15)19;1-7-10(2)8-5-3-4-6-9(8)11-7/h2-6,8-9,11-12,14H,1,7,10,13,20H2;3-6H,1-2H3/q;+1. The van der Waals surface area contributed by atoms with Gasteiger partial charge in [-0.2, -0.15) is 4.57 Å². The third-order valence-corrected chi connectivity index (χ3v) is 6.86. The average Bonchev–Trinajstić information content (AvgIpc) is 3.12. The van der Waals surface area contributed by atoms with Gasteiger partial charge in [-0.3, -0.25) is 0 Å². The van der Waals surface area contributed by atoms with Crippen LogP contribution in [0.3, 0.4) is 0 Å². The summed E-state index contributed by atoms with van der Waals surface area (Å²) < 4.78 is 3.59. The van der Waals surface area contributed by atoms with Crippen molar-refractivity contribution in [3.63, 3.8) is 0 Å². The molecular weight excluding hydrogens is 410 g/mol. The predicted molar refractivity (Wildman–Crippen MR) is 138 cm³/mol. The van der Waals surface area contributed by atoms with Gasteiger partial charge in [0, 0.05) is 29.9 Å². The topological polar surface area (TPSA) is 33.1 Å². The van der Waals surface area contributed by atoms with E-state index in [0.29, 0.717) is 6.54 Å². The maximum absolute atomic E-state index is 5.69. The highest BCUT2D eigenvalue weighted by Gasteiger charge is 2.22. The molecule has 4 heteroatoms. The summed E-state index contributed by atoms with van der Waals surface area (Å²) in [5.41, 5.74) is 12.9. The summed E-state index contributed by atoms with van der Waals surface area (Å²) in [7, 11) is 2.11. The second kappa shape index (κ2) is 9.94. The molecule has 1 aromatic heterocycles. The van der Waals surface area contributed by atoms with Crippen LogP contribution in [0.5, 0.6) is 0 Å². The van der Waals surface area contributed by atoms with Gasteiger partial charge in [0.05, 0.1) is 5.69 Å². The summed E-state index contributed by atoms with van der Waals surface area (Å²) in [6, 6.07) is 27.4. The van der Waals surface area contributed by atoms with Crippen molar-refractivity contribution in [1.82, 2.24) is 0 Å². The Bertz CT molecular complexity index is 1250. The molecule has 0 fully saturated rings. The first-order valence-corrected chi connectivity index (χ1v) is 11.8. The van der Waals surface area contributed by atoms with Gasteiger partial charge in [-0.15, -0.1) is 0 Å². The van der Waals surface area contributed by atoms with Gasteiger partial charge in [0.25, 0.3) is 0 Å². The van der Waals surface area contributed by atoms with Gasteiger partial charge in [0.15, 0.2) is 0 Å². The number of nitrogens with two attached hydrogens (primary N) is 1. The summed E-state index contributed by atoms with van der Waals surface area (Å²) >= 11 is 1.84. The number of aromatic nitrogens is 1. The Kier molecular flexibility index (Phi) is 6.84. The Morgan fingerprint density at radius 1 is 0.938 bits per heavy atom. The minimum Gasteiger partial charge on any atom is -0.330 e. The Morgan fingerprint density at radius 3 is 2.38 bits per heavy atom. The highest BCUT2D eigenvalue weighted by atomic mass is 32.1. The van der Waals surface area contributed by atoms with Crippen molar-refractivity contribution in [1.29, 1.82) is 0 Å². The molecule has 3 aromatic carbocycles. The normalized spacial score (nSPS) is 12.8. The van der Waals surface area contributed by atoms with Crippen molar-refractivity contribution in [2.24, 2.45) is 12.8 Å².